The Kier molecular flexibility index (Phi) is 13.9. The summed E-state index contributed by atoms with van der Waals surface area (Å²) in [7, 11) is 0. The molecule has 31 heavy (non-hydrogen) atoms. The van der Waals surface area contributed by atoms with E-state index in [4.69, 9.17) is 0 Å². The first-order valence-electron chi connectivity index (χ1n) is 10.1. The van der Waals surface area contributed by atoms with Crippen LogP contribution >= 0.6 is 0 Å². The van der Waals surface area contributed by atoms with E-state index in [1.54, 1.807) is 0 Å². The molecule has 5 heteroatoms. The van der Waals surface area contributed by atoms with E-state index in [-0.39, 0.29) is 39.6 Å². The number of allylic oxidation sites excluding steroid dienone is 4. The van der Waals surface area contributed by atoms with Crippen LogP contribution in [0.1, 0.15) is 51.7 Å². The summed E-state index contributed by atoms with van der Waals surface area (Å²) < 4.78 is 0. The zero-order chi connectivity index (χ0) is 22.5. The Hall–Kier alpha value is -2.65. The van der Waals surface area contributed by atoms with E-state index in [2.05, 4.69) is 0 Å². The van der Waals surface area contributed by atoms with E-state index in [0.29, 0.717) is 24.0 Å². The van der Waals surface area contributed by atoms with Crippen molar-refractivity contribution in [3.8, 4) is 0 Å². The van der Waals surface area contributed by atoms with Gasteiger partial charge in [-0.2, -0.15) is 0 Å². The molecule has 0 amide bonds. The summed E-state index contributed by atoms with van der Waals surface area (Å²) >= 11 is 0. The molecule has 0 aliphatic carbocycles. The van der Waals surface area contributed by atoms with Crippen molar-refractivity contribution >= 4 is 11.6 Å². The third-order valence-electron chi connectivity index (χ3n) is 4.71. The van der Waals surface area contributed by atoms with Gasteiger partial charge < -0.3 is 10.2 Å². The van der Waals surface area contributed by atoms with Crippen molar-refractivity contribution in [3.63, 3.8) is 0 Å². The summed E-state index contributed by atoms with van der Waals surface area (Å²) in [6, 6.07) is 19.7. The third-order valence-corrected chi connectivity index (χ3v) is 4.71. The first-order chi connectivity index (χ1) is 14.2. The largest absolute Gasteiger partial charge is 2.00 e. The van der Waals surface area contributed by atoms with Crippen molar-refractivity contribution in [1.82, 2.24) is 0 Å². The van der Waals surface area contributed by atoms with E-state index in [1.807, 2.05) is 60.7 Å². The third kappa shape index (κ3) is 11.4. The van der Waals surface area contributed by atoms with Gasteiger partial charge in [-0.25, -0.2) is 0 Å². The number of Topliss-reactive ketones (excluding diaryl/α,β-unsaturated/α-hetero) is 2. The van der Waals surface area contributed by atoms with Crippen molar-refractivity contribution in [3.05, 3.63) is 94.5 Å². The molecule has 4 nitrogen and oxygen atoms in total. The molecule has 0 radical (unpaired) electrons. The van der Waals surface area contributed by atoms with Crippen LogP contribution in [0.3, 0.4) is 0 Å². The van der Waals surface area contributed by atoms with E-state index >= 15 is 0 Å². The second kappa shape index (κ2) is 15.2. The second-order valence-corrected chi connectivity index (χ2v) is 7.15. The number of aryl methyl sites for hydroxylation is 2. The topological polar surface area (TPSA) is 80.3 Å². The molecule has 0 N–H and O–H groups in total. The van der Waals surface area contributed by atoms with Crippen LogP contribution in [-0.2, 0) is 38.9 Å². The quantitative estimate of drug-likeness (QED) is 0.339. The Labute approximate surface area is 195 Å². The molecule has 0 aliphatic rings. The number of ketones is 2. The molecule has 0 fully saturated rings. The SMILES string of the molecule is CC(=O)/C(CCc1ccccc1)=C(/C)[O-].CC(=O)/C(CCc1ccccc1)=C(/C)[O-].[Ni+2]. The van der Waals surface area contributed by atoms with Crippen LogP contribution in [0, 0.1) is 0 Å². The summed E-state index contributed by atoms with van der Waals surface area (Å²) in [4.78, 5) is 22.3. The molecule has 168 valence electrons. The van der Waals surface area contributed by atoms with Crippen LogP contribution in [0.2, 0.25) is 0 Å². The molecule has 0 saturated carbocycles. The minimum atomic E-state index is -0.113. The van der Waals surface area contributed by atoms with Crippen LogP contribution in [0.15, 0.2) is 83.3 Å². The molecule has 0 aliphatic heterocycles. The van der Waals surface area contributed by atoms with E-state index in [9.17, 15) is 19.8 Å². The van der Waals surface area contributed by atoms with Gasteiger partial charge in [0, 0.05) is 0 Å². The van der Waals surface area contributed by atoms with E-state index < -0.39 is 0 Å². The van der Waals surface area contributed by atoms with Crippen LogP contribution < -0.4 is 10.2 Å². The molecule has 0 saturated heterocycles. The van der Waals surface area contributed by atoms with Gasteiger partial charge in [0.1, 0.15) is 0 Å². The maximum Gasteiger partial charge on any atom is 2.00 e. The Morgan fingerprint density at radius 3 is 1.13 bits per heavy atom. The maximum absolute atomic E-state index is 11.1. The minimum Gasteiger partial charge on any atom is -0.875 e. The number of hydrogen-bond acceptors (Lipinski definition) is 4. The van der Waals surface area contributed by atoms with Crippen molar-refractivity contribution in [2.75, 3.05) is 0 Å². The molecule has 0 bridgehead atoms. The molecule has 0 aromatic heterocycles. The first-order valence-corrected chi connectivity index (χ1v) is 10.1. The predicted molar refractivity (Wildman–Crippen MR) is 116 cm³/mol. The molecular formula is C26H30NiO4. The zero-order valence-corrected chi connectivity index (χ0v) is 19.5. The van der Waals surface area contributed by atoms with Crippen molar-refractivity contribution in [1.29, 1.82) is 0 Å². The summed E-state index contributed by atoms with van der Waals surface area (Å²) in [6.45, 7) is 5.78. The van der Waals surface area contributed by atoms with Gasteiger partial charge in [-0.1, -0.05) is 74.5 Å². The van der Waals surface area contributed by atoms with Crippen molar-refractivity contribution in [2.45, 2.75) is 53.4 Å². The first kappa shape index (κ1) is 28.4. The van der Waals surface area contributed by atoms with E-state index in [1.165, 1.54) is 27.7 Å². The normalized spacial score (nSPS) is 11.7. The van der Waals surface area contributed by atoms with Gasteiger partial charge >= 0.3 is 16.5 Å². The monoisotopic (exact) mass is 464 g/mol. The second-order valence-electron chi connectivity index (χ2n) is 7.15. The van der Waals surface area contributed by atoms with Gasteiger partial charge in [0.15, 0.2) is 11.6 Å². The van der Waals surface area contributed by atoms with Crippen LogP contribution in [0.5, 0.6) is 0 Å². The van der Waals surface area contributed by atoms with Gasteiger partial charge in [-0.05, 0) is 61.8 Å². The summed E-state index contributed by atoms with van der Waals surface area (Å²) in [5.74, 6) is -0.450. The Morgan fingerprint density at radius 2 is 0.903 bits per heavy atom. The summed E-state index contributed by atoms with van der Waals surface area (Å²) in [6.07, 6.45) is 2.56. The number of rotatable bonds is 8. The predicted octanol–water partition coefficient (Wildman–Crippen LogP) is 3.68. The minimum absolute atomic E-state index is 0. The van der Waals surface area contributed by atoms with Gasteiger partial charge in [0.25, 0.3) is 0 Å². The zero-order valence-electron chi connectivity index (χ0n) is 18.6. The van der Waals surface area contributed by atoms with Gasteiger partial charge in [0.2, 0.25) is 0 Å². The standard InChI is InChI=1S/2C13H16O2.Ni/c2*1-10(14)13(11(2)15)9-8-12-6-4-3-5-7-12;/h2*3-7,14H,8-9H2,1-2H3;/q;;+2/p-2/b2*13-10-;. The number of benzene rings is 2. The van der Waals surface area contributed by atoms with Crippen molar-refractivity contribution in [2.24, 2.45) is 0 Å². The smallest absolute Gasteiger partial charge is 0.875 e. The summed E-state index contributed by atoms with van der Waals surface area (Å²) in [5.41, 5.74) is 3.13. The summed E-state index contributed by atoms with van der Waals surface area (Å²) in [5, 5.41) is 22.3. The molecular weight excluding hydrogens is 435 g/mol. The van der Waals surface area contributed by atoms with Crippen LogP contribution in [-0.4, -0.2) is 11.6 Å². The average Bonchev–Trinajstić information content (AvgIpc) is 2.69. The molecule has 2 aromatic rings. The van der Waals surface area contributed by atoms with Gasteiger partial charge in [0.05, 0.1) is 0 Å². The number of carbonyl (C=O) groups excluding carboxylic acids is 2. The number of hydrogen-bond donors (Lipinski definition) is 0. The Balaban J connectivity index is 0.000000562. The molecule has 0 spiro atoms. The van der Waals surface area contributed by atoms with Crippen molar-refractivity contribution < 1.29 is 36.3 Å². The fourth-order valence-electron chi connectivity index (χ4n) is 3.03. The van der Waals surface area contributed by atoms with Gasteiger partial charge in [-0.3, -0.25) is 9.59 Å². The van der Waals surface area contributed by atoms with E-state index in [0.717, 1.165) is 24.0 Å². The Morgan fingerprint density at radius 1 is 0.613 bits per heavy atom. The maximum atomic E-state index is 11.1. The molecule has 2 rings (SSSR count). The fraction of sp³-hybridized carbons (Fsp3) is 0.308. The molecule has 0 heterocycles. The Bertz CT molecular complexity index is 801. The van der Waals surface area contributed by atoms with Crippen LogP contribution in [0.4, 0.5) is 0 Å². The number of carbonyl (C=O) groups is 2. The average molecular weight is 465 g/mol. The van der Waals surface area contributed by atoms with Crippen LogP contribution in [0.25, 0.3) is 0 Å². The fourth-order valence-corrected chi connectivity index (χ4v) is 3.03. The molecule has 0 atom stereocenters. The molecule has 2 aromatic carbocycles. The molecule has 0 unspecified atom stereocenters. The van der Waals surface area contributed by atoms with Gasteiger partial charge in [-0.15, -0.1) is 11.5 Å².